The smallest absolute Gasteiger partial charge is 0.290 e. The second kappa shape index (κ2) is 11.7. The number of nitrogens with one attached hydrogen (secondary N) is 2. The summed E-state index contributed by atoms with van der Waals surface area (Å²) in [5.74, 6) is 1.21. The van der Waals surface area contributed by atoms with Crippen LogP contribution in [0.25, 0.3) is 0 Å². The summed E-state index contributed by atoms with van der Waals surface area (Å²) >= 11 is 1.69. The first-order chi connectivity index (χ1) is 16.3. The first-order valence-corrected chi connectivity index (χ1v) is 13.1. The number of hydrogen-bond donors (Lipinski definition) is 2. The van der Waals surface area contributed by atoms with Crippen LogP contribution in [0.1, 0.15) is 11.1 Å². The highest BCUT2D eigenvalue weighted by atomic mass is 32.2. The molecule has 0 aromatic heterocycles. The van der Waals surface area contributed by atoms with Crippen molar-refractivity contribution in [3.05, 3.63) is 94.0 Å². The number of carbonyl (C=O) groups is 1. The molecule has 3 aromatic rings. The van der Waals surface area contributed by atoms with Gasteiger partial charge in [0, 0.05) is 24.1 Å². The average molecular weight is 500 g/mol. The second-order valence-electron chi connectivity index (χ2n) is 7.47. The molecule has 178 valence electrons. The number of sulfone groups is 1. The summed E-state index contributed by atoms with van der Waals surface area (Å²) in [4.78, 5) is 22.5. The molecular weight excluding hydrogens is 474 g/mol. The number of thioether (sulfide) groups is 1. The molecule has 0 aliphatic rings. The van der Waals surface area contributed by atoms with E-state index in [-0.39, 0.29) is 23.0 Å². The van der Waals surface area contributed by atoms with Gasteiger partial charge in [0.15, 0.2) is 4.90 Å². The Morgan fingerprint density at radius 2 is 1.71 bits per heavy atom. The Balaban J connectivity index is 1.61. The van der Waals surface area contributed by atoms with E-state index < -0.39 is 25.3 Å². The number of amides is 1. The van der Waals surface area contributed by atoms with E-state index in [0.717, 1.165) is 11.8 Å². The van der Waals surface area contributed by atoms with Gasteiger partial charge in [-0.15, -0.1) is 0 Å². The van der Waals surface area contributed by atoms with Gasteiger partial charge in [-0.1, -0.05) is 54.1 Å². The fourth-order valence-corrected chi connectivity index (χ4v) is 5.60. The van der Waals surface area contributed by atoms with Gasteiger partial charge in [0.2, 0.25) is 15.7 Å². The van der Waals surface area contributed by atoms with E-state index >= 15 is 0 Å². The third kappa shape index (κ3) is 6.58. The maximum atomic E-state index is 13.2. The summed E-state index contributed by atoms with van der Waals surface area (Å²) in [6.45, 7) is 2.26. The summed E-state index contributed by atoms with van der Waals surface area (Å²) < 4.78 is 26.3. The number of carbonyl (C=O) groups excluding carboxylic acids is 1. The number of nitro groups is 1. The van der Waals surface area contributed by atoms with Crippen LogP contribution >= 0.6 is 11.8 Å². The number of rotatable bonds is 11. The number of aryl methyl sites for hydroxylation is 1. The quantitative estimate of drug-likeness (QED) is 0.231. The SMILES string of the molecule is Cc1ccc(CSCCNC(=O)CNc2cccc([N+](=O)[O-])c2S(=O)(=O)c2ccccc2)cc1. The largest absolute Gasteiger partial charge is 0.375 e. The van der Waals surface area contributed by atoms with E-state index in [9.17, 15) is 23.3 Å². The molecule has 0 radical (unpaired) electrons. The highest BCUT2D eigenvalue weighted by Crippen LogP contribution is 2.35. The van der Waals surface area contributed by atoms with Crippen LogP contribution < -0.4 is 10.6 Å². The molecule has 2 N–H and O–H groups in total. The molecule has 0 heterocycles. The molecule has 0 aliphatic carbocycles. The number of anilines is 1. The third-order valence-corrected chi connectivity index (χ3v) is 7.80. The van der Waals surface area contributed by atoms with Crippen molar-refractivity contribution in [3.8, 4) is 0 Å². The lowest BCUT2D eigenvalue weighted by Gasteiger charge is -2.13. The van der Waals surface area contributed by atoms with E-state index in [1.54, 1.807) is 30.0 Å². The van der Waals surface area contributed by atoms with Gasteiger partial charge in [-0.2, -0.15) is 11.8 Å². The summed E-state index contributed by atoms with van der Waals surface area (Å²) in [6.07, 6.45) is 0. The first-order valence-electron chi connectivity index (χ1n) is 10.5. The first kappa shape index (κ1) is 25.3. The number of benzene rings is 3. The van der Waals surface area contributed by atoms with Crippen molar-refractivity contribution in [2.75, 3.05) is 24.2 Å². The molecule has 0 fully saturated rings. The summed E-state index contributed by atoms with van der Waals surface area (Å²) in [6, 6.07) is 19.7. The Bertz CT molecular complexity index is 1250. The summed E-state index contributed by atoms with van der Waals surface area (Å²) in [5, 5.41) is 17.1. The van der Waals surface area contributed by atoms with Gasteiger partial charge in [0.25, 0.3) is 5.69 Å². The number of hydrogen-bond acceptors (Lipinski definition) is 7. The molecule has 3 aromatic carbocycles. The van der Waals surface area contributed by atoms with Gasteiger partial charge in [-0.25, -0.2) is 8.42 Å². The maximum Gasteiger partial charge on any atom is 0.290 e. The van der Waals surface area contributed by atoms with E-state index in [1.807, 2.05) is 6.92 Å². The lowest BCUT2D eigenvalue weighted by Crippen LogP contribution is -2.31. The van der Waals surface area contributed by atoms with E-state index in [1.165, 1.54) is 35.4 Å². The monoisotopic (exact) mass is 499 g/mol. The van der Waals surface area contributed by atoms with Crippen LogP contribution in [0.15, 0.2) is 82.6 Å². The number of nitrogens with zero attached hydrogens (tertiary/aromatic N) is 1. The average Bonchev–Trinajstić information content (AvgIpc) is 2.84. The minimum Gasteiger partial charge on any atom is -0.375 e. The predicted molar refractivity (Wildman–Crippen MR) is 134 cm³/mol. The van der Waals surface area contributed by atoms with Crippen LogP contribution in [0.4, 0.5) is 11.4 Å². The van der Waals surface area contributed by atoms with E-state index in [4.69, 9.17) is 0 Å². The lowest BCUT2D eigenvalue weighted by molar-refractivity contribution is -0.387. The van der Waals surface area contributed by atoms with Crippen molar-refractivity contribution >= 4 is 38.9 Å². The van der Waals surface area contributed by atoms with E-state index in [0.29, 0.717) is 12.3 Å². The second-order valence-corrected chi connectivity index (χ2v) is 10.5. The third-order valence-electron chi connectivity index (χ3n) is 4.91. The Morgan fingerprint density at radius 1 is 1.00 bits per heavy atom. The van der Waals surface area contributed by atoms with Crippen molar-refractivity contribution in [2.24, 2.45) is 0 Å². The van der Waals surface area contributed by atoms with Crippen LogP contribution in [0.5, 0.6) is 0 Å². The molecule has 34 heavy (non-hydrogen) atoms. The topological polar surface area (TPSA) is 118 Å². The molecule has 1 amide bonds. The molecule has 0 unspecified atom stereocenters. The van der Waals surface area contributed by atoms with Crippen LogP contribution in [0, 0.1) is 17.0 Å². The summed E-state index contributed by atoms with van der Waals surface area (Å²) in [5.41, 5.74) is 1.86. The minimum atomic E-state index is -4.19. The molecular formula is C24H25N3O5S2. The summed E-state index contributed by atoms with van der Waals surface area (Å²) in [7, 11) is -4.19. The Morgan fingerprint density at radius 3 is 2.38 bits per heavy atom. The zero-order valence-electron chi connectivity index (χ0n) is 18.6. The van der Waals surface area contributed by atoms with Crippen molar-refractivity contribution in [3.63, 3.8) is 0 Å². The van der Waals surface area contributed by atoms with E-state index in [2.05, 4.69) is 34.9 Å². The Labute approximate surface area is 202 Å². The van der Waals surface area contributed by atoms with Gasteiger partial charge in [-0.3, -0.25) is 14.9 Å². The standard InChI is InChI=1S/C24H25N3O5S2/c1-18-10-12-19(13-11-18)17-33-15-14-25-23(28)16-26-21-8-5-9-22(27(29)30)24(21)34(31,32)20-6-3-2-4-7-20/h2-13,26H,14-17H2,1H3,(H,25,28). The van der Waals surface area contributed by atoms with Crippen molar-refractivity contribution in [2.45, 2.75) is 22.5 Å². The molecule has 10 heteroatoms. The zero-order chi connectivity index (χ0) is 24.6. The van der Waals surface area contributed by atoms with Crippen molar-refractivity contribution in [1.82, 2.24) is 5.32 Å². The fraction of sp³-hybridized carbons (Fsp3) is 0.208. The van der Waals surface area contributed by atoms with Gasteiger partial charge in [0.1, 0.15) is 0 Å². The molecule has 0 aliphatic heterocycles. The predicted octanol–water partition coefficient (Wildman–Crippen LogP) is 4.20. The maximum absolute atomic E-state index is 13.2. The van der Waals surface area contributed by atoms with Crippen LogP contribution in [0.3, 0.4) is 0 Å². The van der Waals surface area contributed by atoms with Crippen LogP contribution in [-0.2, 0) is 20.4 Å². The normalized spacial score (nSPS) is 11.1. The van der Waals surface area contributed by atoms with Gasteiger partial charge in [-0.05, 0) is 30.7 Å². The Hall–Kier alpha value is -3.37. The Kier molecular flexibility index (Phi) is 8.67. The highest BCUT2D eigenvalue weighted by Gasteiger charge is 2.31. The molecule has 0 saturated carbocycles. The molecule has 0 bridgehead atoms. The van der Waals surface area contributed by atoms with Crippen molar-refractivity contribution < 1.29 is 18.1 Å². The molecule has 0 atom stereocenters. The van der Waals surface area contributed by atoms with Gasteiger partial charge >= 0.3 is 0 Å². The molecule has 0 saturated heterocycles. The molecule has 0 spiro atoms. The highest BCUT2D eigenvalue weighted by molar-refractivity contribution is 7.98. The fourth-order valence-electron chi connectivity index (χ4n) is 3.18. The van der Waals surface area contributed by atoms with Gasteiger partial charge < -0.3 is 10.6 Å². The van der Waals surface area contributed by atoms with Crippen molar-refractivity contribution in [1.29, 1.82) is 0 Å². The molecule has 3 rings (SSSR count). The number of nitro benzene ring substituents is 1. The van der Waals surface area contributed by atoms with Crippen LogP contribution in [-0.4, -0.2) is 38.1 Å². The van der Waals surface area contributed by atoms with Crippen LogP contribution in [0.2, 0.25) is 0 Å². The molecule has 8 nitrogen and oxygen atoms in total. The zero-order valence-corrected chi connectivity index (χ0v) is 20.2. The minimum absolute atomic E-state index is 0.00180. The van der Waals surface area contributed by atoms with Gasteiger partial charge in [0.05, 0.1) is 22.1 Å². The lowest BCUT2D eigenvalue weighted by atomic mass is 10.2.